The van der Waals surface area contributed by atoms with Gasteiger partial charge in [0.15, 0.2) is 11.6 Å². The minimum absolute atomic E-state index is 0.186. The van der Waals surface area contributed by atoms with E-state index in [1.165, 1.54) is 0 Å². The summed E-state index contributed by atoms with van der Waals surface area (Å²) in [4.78, 5) is 23.6. The Kier molecular flexibility index (Phi) is 7.91. The van der Waals surface area contributed by atoms with E-state index in [-0.39, 0.29) is 11.9 Å². The average Bonchev–Trinajstić information content (AvgIpc) is 3.31. The van der Waals surface area contributed by atoms with Gasteiger partial charge in [-0.05, 0) is 43.7 Å². The van der Waals surface area contributed by atoms with Crippen molar-refractivity contribution in [2.45, 2.75) is 38.5 Å². The summed E-state index contributed by atoms with van der Waals surface area (Å²) < 4.78 is 11.4. The fourth-order valence-electron chi connectivity index (χ4n) is 4.19. The lowest BCUT2D eigenvalue weighted by Gasteiger charge is -2.27. The second-order valence-corrected chi connectivity index (χ2v) is 8.41. The summed E-state index contributed by atoms with van der Waals surface area (Å²) in [5.74, 6) is 1.51. The van der Waals surface area contributed by atoms with E-state index >= 15 is 0 Å². The molecule has 182 valence electrons. The van der Waals surface area contributed by atoms with Gasteiger partial charge in [-0.1, -0.05) is 24.9 Å². The standard InChI is InChI=1S/C24H33N7O3/c1-3-4-5-16(10-11-25)19-20-21(34-30-19)23(31-12-14-33-15-13-31)29-22(28-20)17-6-8-18(9-7-17)27-24(32)26-2/h6-9,16H,3-5,10-15,25H2,1-2H3,(H2,26,27,32). The van der Waals surface area contributed by atoms with Crippen LogP contribution in [-0.4, -0.2) is 61.1 Å². The van der Waals surface area contributed by atoms with Gasteiger partial charge in [0.2, 0.25) is 5.58 Å². The van der Waals surface area contributed by atoms with Gasteiger partial charge in [-0.15, -0.1) is 0 Å². The highest BCUT2D eigenvalue weighted by Gasteiger charge is 2.26. The first-order valence-electron chi connectivity index (χ1n) is 11.9. The van der Waals surface area contributed by atoms with E-state index < -0.39 is 0 Å². The number of hydrogen-bond acceptors (Lipinski definition) is 8. The second kappa shape index (κ2) is 11.3. The molecule has 4 N–H and O–H groups in total. The van der Waals surface area contributed by atoms with Crippen LogP contribution < -0.4 is 21.3 Å². The van der Waals surface area contributed by atoms with Crippen LogP contribution in [0.25, 0.3) is 22.5 Å². The molecule has 3 aromatic rings. The van der Waals surface area contributed by atoms with E-state index in [1.54, 1.807) is 7.05 Å². The fourth-order valence-corrected chi connectivity index (χ4v) is 4.19. The van der Waals surface area contributed by atoms with Gasteiger partial charge in [0.25, 0.3) is 0 Å². The summed E-state index contributed by atoms with van der Waals surface area (Å²) in [5.41, 5.74) is 9.66. The molecule has 0 spiro atoms. The molecular weight excluding hydrogens is 434 g/mol. The number of morpholine rings is 1. The Hall–Kier alpha value is -3.24. The van der Waals surface area contributed by atoms with Crippen LogP contribution >= 0.6 is 0 Å². The van der Waals surface area contributed by atoms with Crippen molar-refractivity contribution in [2.75, 3.05) is 50.1 Å². The van der Waals surface area contributed by atoms with Crippen LogP contribution in [-0.2, 0) is 4.74 Å². The number of nitrogens with two attached hydrogens (primary N) is 1. The summed E-state index contributed by atoms with van der Waals surface area (Å²) in [5, 5.41) is 9.78. The molecule has 0 bridgehead atoms. The fraction of sp³-hybridized carbons (Fsp3) is 0.500. The number of carbonyl (C=O) groups is 1. The van der Waals surface area contributed by atoms with Crippen LogP contribution in [0.4, 0.5) is 16.3 Å². The summed E-state index contributed by atoms with van der Waals surface area (Å²) in [6, 6.07) is 7.19. The smallest absolute Gasteiger partial charge is 0.318 e. The van der Waals surface area contributed by atoms with Crippen LogP contribution in [0.15, 0.2) is 28.8 Å². The summed E-state index contributed by atoms with van der Waals surface area (Å²) in [6.45, 7) is 5.47. The number of nitrogens with one attached hydrogen (secondary N) is 2. The molecule has 0 aliphatic carbocycles. The van der Waals surface area contributed by atoms with E-state index in [9.17, 15) is 4.79 Å². The quantitative estimate of drug-likeness (QED) is 0.436. The molecule has 0 radical (unpaired) electrons. The third-order valence-corrected chi connectivity index (χ3v) is 6.07. The van der Waals surface area contributed by atoms with Crippen molar-refractivity contribution in [3.05, 3.63) is 30.0 Å². The van der Waals surface area contributed by atoms with Crippen molar-refractivity contribution in [1.82, 2.24) is 20.4 Å². The first-order chi connectivity index (χ1) is 16.6. The number of unbranched alkanes of at least 4 members (excludes halogenated alkanes) is 1. The highest BCUT2D eigenvalue weighted by molar-refractivity contribution is 5.90. The highest BCUT2D eigenvalue weighted by atomic mass is 16.5. The molecule has 1 saturated heterocycles. The Morgan fingerprint density at radius 1 is 1.18 bits per heavy atom. The Labute approximate surface area is 199 Å². The Bertz CT molecular complexity index is 1090. The number of ether oxygens (including phenoxy) is 1. The molecule has 34 heavy (non-hydrogen) atoms. The Balaban J connectivity index is 1.77. The molecule has 1 aliphatic rings. The molecule has 4 rings (SSSR count). The van der Waals surface area contributed by atoms with Gasteiger partial charge in [-0.3, -0.25) is 0 Å². The van der Waals surface area contributed by atoms with Gasteiger partial charge >= 0.3 is 6.03 Å². The first-order valence-corrected chi connectivity index (χ1v) is 11.9. The molecule has 3 heterocycles. The van der Waals surface area contributed by atoms with Crippen LogP contribution in [0.1, 0.15) is 44.2 Å². The number of carbonyl (C=O) groups excluding carboxylic acids is 1. The number of aromatic nitrogens is 3. The SMILES string of the molecule is CCCCC(CCN)c1noc2c(N3CCOCC3)nc(-c3ccc(NC(=O)NC)cc3)nc12. The number of nitrogens with zero attached hydrogens (tertiary/aromatic N) is 4. The number of fused-ring (bicyclic) bond motifs is 1. The zero-order chi connectivity index (χ0) is 23.9. The topological polar surface area (TPSA) is 131 Å². The number of anilines is 2. The van der Waals surface area contributed by atoms with Gasteiger partial charge in [0.1, 0.15) is 11.2 Å². The number of rotatable bonds is 9. The number of benzene rings is 1. The van der Waals surface area contributed by atoms with E-state index in [2.05, 4.69) is 27.6 Å². The zero-order valence-electron chi connectivity index (χ0n) is 19.8. The number of hydrogen-bond donors (Lipinski definition) is 3. The van der Waals surface area contributed by atoms with Gasteiger partial charge in [0, 0.05) is 37.3 Å². The van der Waals surface area contributed by atoms with Gasteiger partial charge in [-0.25, -0.2) is 14.8 Å². The molecule has 0 saturated carbocycles. The van der Waals surface area contributed by atoms with E-state index in [0.717, 1.165) is 61.4 Å². The Morgan fingerprint density at radius 2 is 1.94 bits per heavy atom. The second-order valence-electron chi connectivity index (χ2n) is 8.41. The molecule has 2 amide bonds. The first kappa shape index (κ1) is 23.9. The van der Waals surface area contributed by atoms with Gasteiger partial charge < -0.3 is 30.5 Å². The summed E-state index contributed by atoms with van der Waals surface area (Å²) in [6.07, 6.45) is 4.01. The monoisotopic (exact) mass is 467 g/mol. The largest absolute Gasteiger partial charge is 0.378 e. The lowest BCUT2D eigenvalue weighted by atomic mass is 9.94. The Morgan fingerprint density at radius 3 is 2.62 bits per heavy atom. The zero-order valence-corrected chi connectivity index (χ0v) is 19.8. The maximum Gasteiger partial charge on any atom is 0.318 e. The molecule has 1 fully saturated rings. The van der Waals surface area contributed by atoms with Crippen LogP contribution in [0.3, 0.4) is 0 Å². The molecule has 10 nitrogen and oxygen atoms in total. The third-order valence-electron chi connectivity index (χ3n) is 6.07. The van der Waals surface area contributed by atoms with E-state index in [0.29, 0.717) is 36.9 Å². The van der Waals surface area contributed by atoms with Crippen molar-refractivity contribution >= 4 is 28.6 Å². The van der Waals surface area contributed by atoms with Gasteiger partial charge in [0.05, 0.1) is 13.2 Å². The number of amides is 2. The van der Waals surface area contributed by atoms with E-state index in [4.69, 9.17) is 25.0 Å². The lowest BCUT2D eigenvalue weighted by molar-refractivity contribution is 0.122. The van der Waals surface area contributed by atoms with Crippen LogP contribution in [0.2, 0.25) is 0 Å². The number of urea groups is 1. The molecule has 2 aromatic heterocycles. The molecule has 1 atom stereocenters. The van der Waals surface area contributed by atoms with Crippen molar-refractivity contribution in [2.24, 2.45) is 5.73 Å². The molecule has 1 aromatic carbocycles. The predicted molar refractivity (Wildman–Crippen MR) is 132 cm³/mol. The molecule has 1 unspecified atom stereocenters. The highest BCUT2D eigenvalue weighted by Crippen LogP contribution is 2.35. The lowest BCUT2D eigenvalue weighted by Crippen LogP contribution is -2.37. The maximum atomic E-state index is 11.6. The van der Waals surface area contributed by atoms with Crippen LogP contribution in [0.5, 0.6) is 0 Å². The molecule has 10 heteroatoms. The summed E-state index contributed by atoms with van der Waals surface area (Å²) in [7, 11) is 1.58. The maximum absolute atomic E-state index is 11.6. The predicted octanol–water partition coefficient (Wildman–Crippen LogP) is 3.50. The minimum atomic E-state index is -0.271. The van der Waals surface area contributed by atoms with E-state index in [1.807, 2.05) is 24.3 Å². The summed E-state index contributed by atoms with van der Waals surface area (Å²) >= 11 is 0. The molecule has 1 aliphatic heterocycles. The minimum Gasteiger partial charge on any atom is -0.378 e. The average molecular weight is 468 g/mol. The van der Waals surface area contributed by atoms with Crippen molar-refractivity contribution in [3.63, 3.8) is 0 Å². The third kappa shape index (κ3) is 5.28. The van der Waals surface area contributed by atoms with Crippen molar-refractivity contribution in [3.8, 4) is 11.4 Å². The van der Waals surface area contributed by atoms with Crippen LogP contribution in [0, 0.1) is 0 Å². The van der Waals surface area contributed by atoms with Crippen molar-refractivity contribution in [1.29, 1.82) is 0 Å². The van der Waals surface area contributed by atoms with Gasteiger partial charge in [-0.2, -0.15) is 0 Å². The normalized spacial score (nSPS) is 14.9. The molecular formula is C24H33N7O3. The van der Waals surface area contributed by atoms with Crippen molar-refractivity contribution < 1.29 is 14.1 Å².